The Morgan fingerprint density at radius 3 is 2.51 bits per heavy atom. The highest BCUT2D eigenvalue weighted by Gasteiger charge is 2.27. The van der Waals surface area contributed by atoms with Gasteiger partial charge in [-0.15, -0.1) is 0 Å². The zero-order valence-electron chi connectivity index (χ0n) is 21.1. The molecule has 1 aliphatic heterocycles. The summed E-state index contributed by atoms with van der Waals surface area (Å²) in [5.74, 6) is -0.666. The number of hydrogen-bond donors (Lipinski definition) is 2. The lowest BCUT2D eigenvalue weighted by Crippen LogP contribution is -2.42. The summed E-state index contributed by atoms with van der Waals surface area (Å²) < 4.78 is 20.4. The first-order valence-electron chi connectivity index (χ1n) is 13.0. The molecule has 0 atom stereocenters. The van der Waals surface area contributed by atoms with Crippen LogP contribution in [0.15, 0.2) is 41.3 Å². The molecule has 2 aromatic heterocycles. The lowest BCUT2D eigenvalue weighted by molar-refractivity contribution is 0.0364. The number of ether oxygens (including phenoxy) is 1. The van der Waals surface area contributed by atoms with Crippen molar-refractivity contribution < 1.29 is 19.0 Å². The van der Waals surface area contributed by atoms with Gasteiger partial charge in [-0.05, 0) is 55.4 Å². The fraction of sp³-hybridized carbons (Fsp3) is 0.464. The fourth-order valence-corrected chi connectivity index (χ4v) is 5.25. The average molecular weight is 509 g/mol. The number of halogens is 1. The van der Waals surface area contributed by atoms with Crippen LogP contribution in [0.3, 0.4) is 0 Å². The molecule has 1 aromatic carbocycles. The van der Waals surface area contributed by atoms with Crippen LogP contribution in [0.2, 0.25) is 0 Å². The number of fused-ring (bicyclic) bond motifs is 1. The van der Waals surface area contributed by atoms with Crippen LogP contribution in [-0.4, -0.2) is 64.4 Å². The molecule has 1 aliphatic carbocycles. The van der Waals surface area contributed by atoms with Gasteiger partial charge in [0.1, 0.15) is 22.8 Å². The minimum absolute atomic E-state index is 0.0244. The van der Waals surface area contributed by atoms with Gasteiger partial charge in [0, 0.05) is 44.0 Å². The molecular formula is C28H33FN4O4. The second kappa shape index (κ2) is 11.0. The maximum absolute atomic E-state index is 13.6. The molecule has 2 N–H and O–H groups in total. The van der Waals surface area contributed by atoms with E-state index in [1.165, 1.54) is 16.7 Å². The third kappa shape index (κ3) is 5.52. The minimum atomic E-state index is -0.559. The Morgan fingerprint density at radius 1 is 1.11 bits per heavy atom. The van der Waals surface area contributed by atoms with Crippen LogP contribution in [0.1, 0.15) is 43.0 Å². The van der Waals surface area contributed by atoms with Gasteiger partial charge in [0.15, 0.2) is 0 Å². The Bertz CT molecular complexity index is 1330. The van der Waals surface area contributed by atoms with Crippen LogP contribution in [-0.2, 0) is 11.3 Å². The Labute approximate surface area is 215 Å². The van der Waals surface area contributed by atoms with Crippen molar-refractivity contribution in [2.24, 2.45) is 5.92 Å². The summed E-state index contributed by atoms with van der Waals surface area (Å²) in [6.07, 6.45) is 5.33. The topological polar surface area (TPSA) is 96.7 Å². The van der Waals surface area contributed by atoms with E-state index >= 15 is 0 Å². The first kappa shape index (κ1) is 25.4. The quantitative estimate of drug-likeness (QED) is 0.529. The SMILES string of the molecule is C[C@H]1CC[C@@H](NC(=O)c2c(O)c3cc(-c4ccc(F)cc4)cnc3n(CCN3CCOCC3)c2=O)CC1. The van der Waals surface area contributed by atoms with E-state index in [9.17, 15) is 19.1 Å². The van der Waals surface area contributed by atoms with Gasteiger partial charge in [0.05, 0.1) is 18.6 Å². The number of aromatic hydroxyl groups is 1. The van der Waals surface area contributed by atoms with Gasteiger partial charge in [-0.25, -0.2) is 9.37 Å². The van der Waals surface area contributed by atoms with E-state index < -0.39 is 11.5 Å². The van der Waals surface area contributed by atoms with Crippen molar-refractivity contribution in [3.8, 4) is 16.9 Å². The molecule has 3 aromatic rings. The third-order valence-corrected chi connectivity index (χ3v) is 7.57. The second-order valence-electron chi connectivity index (χ2n) is 10.2. The van der Waals surface area contributed by atoms with Gasteiger partial charge in [-0.2, -0.15) is 0 Å². The Kier molecular flexibility index (Phi) is 7.53. The summed E-state index contributed by atoms with van der Waals surface area (Å²) in [7, 11) is 0. The Morgan fingerprint density at radius 2 is 1.81 bits per heavy atom. The Balaban J connectivity index is 1.54. The van der Waals surface area contributed by atoms with E-state index in [1.54, 1.807) is 24.4 Å². The third-order valence-electron chi connectivity index (χ3n) is 7.57. The monoisotopic (exact) mass is 508 g/mol. The zero-order chi connectivity index (χ0) is 25.9. The van der Waals surface area contributed by atoms with Crippen molar-refractivity contribution in [3.63, 3.8) is 0 Å². The predicted octanol–water partition coefficient (Wildman–Crippen LogP) is 3.55. The highest BCUT2D eigenvalue weighted by atomic mass is 19.1. The van der Waals surface area contributed by atoms with Crippen molar-refractivity contribution in [1.82, 2.24) is 19.8 Å². The molecule has 0 spiro atoms. The largest absolute Gasteiger partial charge is 0.506 e. The molecular weight excluding hydrogens is 475 g/mol. The fourth-order valence-electron chi connectivity index (χ4n) is 5.25. The van der Waals surface area contributed by atoms with Crippen LogP contribution in [0.4, 0.5) is 4.39 Å². The van der Waals surface area contributed by atoms with Crippen molar-refractivity contribution in [2.45, 2.75) is 45.2 Å². The van der Waals surface area contributed by atoms with Gasteiger partial charge < -0.3 is 15.2 Å². The number of benzene rings is 1. The first-order valence-corrected chi connectivity index (χ1v) is 13.0. The number of nitrogens with one attached hydrogen (secondary N) is 1. The molecule has 37 heavy (non-hydrogen) atoms. The van der Waals surface area contributed by atoms with E-state index in [0.717, 1.165) is 38.8 Å². The smallest absolute Gasteiger partial charge is 0.268 e. The number of hydrogen-bond acceptors (Lipinski definition) is 6. The molecule has 5 rings (SSSR count). The van der Waals surface area contributed by atoms with Gasteiger partial charge in [0.2, 0.25) is 0 Å². The van der Waals surface area contributed by atoms with E-state index in [-0.39, 0.29) is 23.2 Å². The summed E-state index contributed by atoms with van der Waals surface area (Å²) in [6, 6.07) is 7.64. The van der Waals surface area contributed by atoms with E-state index in [1.807, 2.05) is 0 Å². The summed E-state index contributed by atoms with van der Waals surface area (Å²) in [5.41, 5.74) is 0.857. The molecule has 0 unspecified atom stereocenters. The van der Waals surface area contributed by atoms with Crippen molar-refractivity contribution >= 4 is 16.9 Å². The molecule has 1 amide bonds. The number of morpholine rings is 1. The highest BCUT2D eigenvalue weighted by molar-refractivity contribution is 6.02. The summed E-state index contributed by atoms with van der Waals surface area (Å²) in [4.78, 5) is 33.7. The molecule has 9 heteroatoms. The number of nitrogens with zero attached hydrogens (tertiary/aromatic N) is 3. The molecule has 196 valence electrons. The molecule has 1 saturated carbocycles. The van der Waals surface area contributed by atoms with Crippen LogP contribution < -0.4 is 10.9 Å². The number of carbonyl (C=O) groups is 1. The lowest BCUT2D eigenvalue weighted by Gasteiger charge is -2.28. The van der Waals surface area contributed by atoms with Gasteiger partial charge in [0.25, 0.3) is 11.5 Å². The van der Waals surface area contributed by atoms with Gasteiger partial charge >= 0.3 is 0 Å². The van der Waals surface area contributed by atoms with Crippen LogP contribution >= 0.6 is 0 Å². The molecule has 0 bridgehead atoms. The number of rotatable bonds is 6. The maximum atomic E-state index is 13.6. The lowest BCUT2D eigenvalue weighted by atomic mass is 9.87. The minimum Gasteiger partial charge on any atom is -0.506 e. The molecule has 3 heterocycles. The average Bonchev–Trinajstić information content (AvgIpc) is 2.91. The molecule has 2 fully saturated rings. The summed E-state index contributed by atoms with van der Waals surface area (Å²) >= 11 is 0. The second-order valence-corrected chi connectivity index (χ2v) is 10.2. The summed E-state index contributed by atoms with van der Waals surface area (Å²) in [5, 5.41) is 14.5. The molecule has 0 radical (unpaired) electrons. The maximum Gasteiger partial charge on any atom is 0.268 e. The van der Waals surface area contributed by atoms with Crippen LogP contribution in [0.5, 0.6) is 5.75 Å². The molecule has 2 aliphatic rings. The number of aromatic nitrogens is 2. The summed E-state index contributed by atoms with van der Waals surface area (Å²) in [6.45, 7) is 5.91. The van der Waals surface area contributed by atoms with Crippen LogP contribution in [0.25, 0.3) is 22.2 Å². The van der Waals surface area contributed by atoms with Crippen molar-refractivity contribution in [2.75, 3.05) is 32.8 Å². The van der Waals surface area contributed by atoms with E-state index in [4.69, 9.17) is 4.74 Å². The highest BCUT2D eigenvalue weighted by Crippen LogP contribution is 2.30. The first-order chi connectivity index (χ1) is 17.9. The number of carbonyl (C=O) groups excluding carboxylic acids is 1. The molecule has 8 nitrogen and oxygen atoms in total. The van der Waals surface area contributed by atoms with Crippen molar-refractivity contribution in [1.29, 1.82) is 0 Å². The Hall–Kier alpha value is -3.30. The van der Waals surface area contributed by atoms with Gasteiger partial charge in [-0.3, -0.25) is 19.1 Å². The zero-order valence-corrected chi connectivity index (χ0v) is 21.1. The normalized spacial score (nSPS) is 20.7. The van der Waals surface area contributed by atoms with Crippen LogP contribution in [0, 0.1) is 11.7 Å². The van der Waals surface area contributed by atoms with Gasteiger partial charge in [-0.1, -0.05) is 19.1 Å². The van der Waals surface area contributed by atoms with E-state index in [2.05, 4.69) is 22.1 Å². The molecule has 1 saturated heterocycles. The number of pyridine rings is 2. The van der Waals surface area contributed by atoms with E-state index in [0.29, 0.717) is 54.4 Å². The van der Waals surface area contributed by atoms with Crippen molar-refractivity contribution in [3.05, 3.63) is 58.3 Å². The predicted molar refractivity (Wildman–Crippen MR) is 139 cm³/mol. The standard InChI is InChI=1S/C28H33FN4O4/c1-18-2-8-22(9-3-18)31-27(35)24-25(34)23-16-20(19-4-6-21(29)7-5-19)17-30-26(23)33(28(24)36)11-10-32-12-14-37-15-13-32/h4-7,16-18,22,34H,2-3,8-15H2,1H3,(H,31,35)/t18-,22+. The number of amides is 1.